The number of amides is 1. The van der Waals surface area contributed by atoms with Crippen molar-refractivity contribution in [3.05, 3.63) is 23.3 Å². The molecule has 1 aliphatic heterocycles. The van der Waals surface area contributed by atoms with E-state index < -0.39 is 24.5 Å². The molecule has 2 heterocycles. The van der Waals surface area contributed by atoms with E-state index in [0.29, 0.717) is 17.0 Å². The summed E-state index contributed by atoms with van der Waals surface area (Å²) in [7, 11) is 0. The summed E-state index contributed by atoms with van der Waals surface area (Å²) in [5.74, 6) is -4.25. The molecule has 108 valence electrons. The van der Waals surface area contributed by atoms with Gasteiger partial charge in [-0.25, -0.2) is 23.5 Å². The molecule has 6 nitrogen and oxygen atoms in total. The standard InChI is InChI=1S/C12H13F2N3O3/c1-7-15-4-8(5-18)10(16-7)9-2-3-17(11(19)20)6-12(9,13)14/h4-5,9H,2-3,6H2,1H3,(H,19,20). The van der Waals surface area contributed by atoms with E-state index in [2.05, 4.69) is 9.97 Å². The predicted octanol–water partition coefficient (Wildman–Crippen LogP) is 1.70. The molecule has 2 rings (SSSR count). The maximum absolute atomic E-state index is 14.1. The lowest BCUT2D eigenvalue weighted by Crippen LogP contribution is -2.49. The second kappa shape index (κ2) is 5.10. The largest absolute Gasteiger partial charge is 0.465 e. The smallest absolute Gasteiger partial charge is 0.407 e. The number of aryl methyl sites for hydroxylation is 1. The number of aldehydes is 1. The summed E-state index contributed by atoms with van der Waals surface area (Å²) in [6.07, 6.45) is 0.188. The van der Waals surface area contributed by atoms with Crippen LogP contribution in [0.1, 0.15) is 34.2 Å². The number of carbonyl (C=O) groups excluding carboxylic acids is 1. The van der Waals surface area contributed by atoms with Crippen molar-refractivity contribution in [3.8, 4) is 0 Å². The second-order valence-electron chi connectivity index (χ2n) is 4.68. The zero-order valence-electron chi connectivity index (χ0n) is 10.7. The monoisotopic (exact) mass is 285 g/mol. The van der Waals surface area contributed by atoms with Gasteiger partial charge in [-0.05, 0) is 13.3 Å². The lowest BCUT2D eigenvalue weighted by atomic mass is 9.88. The van der Waals surface area contributed by atoms with E-state index in [1.54, 1.807) is 6.92 Å². The van der Waals surface area contributed by atoms with Crippen LogP contribution in [-0.2, 0) is 0 Å². The summed E-state index contributed by atoms with van der Waals surface area (Å²) >= 11 is 0. The molecule has 20 heavy (non-hydrogen) atoms. The molecular weight excluding hydrogens is 272 g/mol. The molecule has 0 aromatic carbocycles. The van der Waals surface area contributed by atoms with E-state index >= 15 is 0 Å². The molecule has 8 heteroatoms. The topological polar surface area (TPSA) is 83.4 Å². The summed E-state index contributed by atoms with van der Waals surface area (Å²) in [4.78, 5) is 30.1. The van der Waals surface area contributed by atoms with Gasteiger partial charge in [0.25, 0.3) is 5.92 Å². The summed E-state index contributed by atoms with van der Waals surface area (Å²) in [6.45, 7) is 0.633. The molecule has 1 saturated heterocycles. The van der Waals surface area contributed by atoms with Crippen LogP contribution in [0.4, 0.5) is 13.6 Å². The van der Waals surface area contributed by atoms with Crippen LogP contribution in [0.25, 0.3) is 0 Å². The molecule has 1 unspecified atom stereocenters. The number of aromatic nitrogens is 2. The third-order valence-electron chi connectivity index (χ3n) is 3.30. The quantitative estimate of drug-likeness (QED) is 0.836. The van der Waals surface area contributed by atoms with Crippen molar-refractivity contribution < 1.29 is 23.5 Å². The molecule has 1 fully saturated rings. The van der Waals surface area contributed by atoms with Crippen molar-refractivity contribution in [2.75, 3.05) is 13.1 Å². The molecule has 1 aliphatic rings. The van der Waals surface area contributed by atoms with Crippen molar-refractivity contribution in [1.29, 1.82) is 0 Å². The second-order valence-corrected chi connectivity index (χ2v) is 4.68. The normalized spacial score (nSPS) is 21.6. The van der Waals surface area contributed by atoms with Crippen molar-refractivity contribution in [1.82, 2.24) is 14.9 Å². The first-order valence-corrected chi connectivity index (χ1v) is 5.99. The van der Waals surface area contributed by atoms with E-state index in [1.807, 2.05) is 0 Å². The highest BCUT2D eigenvalue weighted by Gasteiger charge is 2.48. The fourth-order valence-electron chi connectivity index (χ4n) is 2.31. The van der Waals surface area contributed by atoms with Crippen LogP contribution in [0.3, 0.4) is 0 Å². The van der Waals surface area contributed by atoms with Gasteiger partial charge in [0.05, 0.1) is 23.7 Å². The fourth-order valence-corrected chi connectivity index (χ4v) is 2.31. The predicted molar refractivity (Wildman–Crippen MR) is 64.1 cm³/mol. The minimum absolute atomic E-state index is 0.0115. The molecule has 1 aromatic rings. The van der Waals surface area contributed by atoms with Crippen molar-refractivity contribution >= 4 is 12.4 Å². The van der Waals surface area contributed by atoms with Crippen LogP contribution in [0.15, 0.2) is 6.20 Å². The molecule has 0 saturated carbocycles. The molecule has 0 aliphatic carbocycles. The first kappa shape index (κ1) is 14.3. The molecule has 1 N–H and O–H groups in total. The van der Waals surface area contributed by atoms with Crippen molar-refractivity contribution in [2.45, 2.75) is 25.2 Å². The van der Waals surface area contributed by atoms with Crippen LogP contribution >= 0.6 is 0 Å². The Balaban J connectivity index is 2.36. The fraction of sp³-hybridized carbons (Fsp3) is 0.500. The molecule has 1 amide bonds. The highest BCUT2D eigenvalue weighted by Crippen LogP contribution is 2.40. The zero-order chi connectivity index (χ0) is 14.9. The molecule has 1 aromatic heterocycles. The van der Waals surface area contributed by atoms with Gasteiger partial charge in [-0.3, -0.25) is 4.79 Å². The van der Waals surface area contributed by atoms with E-state index in [9.17, 15) is 18.4 Å². The number of alkyl halides is 2. The first-order chi connectivity index (χ1) is 9.35. The Bertz CT molecular complexity index is 551. The van der Waals surface area contributed by atoms with E-state index in [4.69, 9.17) is 5.11 Å². The van der Waals surface area contributed by atoms with Gasteiger partial charge in [-0.2, -0.15) is 0 Å². The Kier molecular flexibility index (Phi) is 3.65. The molecule has 0 spiro atoms. The molecular formula is C12H13F2N3O3. The highest BCUT2D eigenvalue weighted by atomic mass is 19.3. The van der Waals surface area contributed by atoms with Crippen LogP contribution in [0.5, 0.6) is 0 Å². The molecule has 0 bridgehead atoms. The summed E-state index contributed by atoms with van der Waals surface area (Å²) in [5.41, 5.74) is 0.00610. The zero-order valence-corrected chi connectivity index (χ0v) is 10.7. The van der Waals surface area contributed by atoms with E-state index in [1.165, 1.54) is 6.20 Å². The van der Waals surface area contributed by atoms with Gasteiger partial charge in [0.2, 0.25) is 0 Å². The Morgan fingerprint density at radius 2 is 2.30 bits per heavy atom. The molecule has 0 radical (unpaired) electrons. The van der Waals surface area contributed by atoms with Gasteiger partial charge in [-0.15, -0.1) is 0 Å². The minimum Gasteiger partial charge on any atom is -0.465 e. The van der Waals surface area contributed by atoms with E-state index in [-0.39, 0.29) is 24.2 Å². The van der Waals surface area contributed by atoms with Crippen LogP contribution < -0.4 is 0 Å². The average molecular weight is 285 g/mol. The Morgan fingerprint density at radius 1 is 1.60 bits per heavy atom. The lowest BCUT2D eigenvalue weighted by molar-refractivity contribution is -0.0773. The molecule has 1 atom stereocenters. The van der Waals surface area contributed by atoms with Crippen LogP contribution in [0, 0.1) is 6.92 Å². The summed E-state index contributed by atoms with van der Waals surface area (Å²) < 4.78 is 28.3. The number of nitrogens with zero attached hydrogens (tertiary/aromatic N) is 3. The van der Waals surface area contributed by atoms with Gasteiger partial charge in [0.1, 0.15) is 5.82 Å². The maximum atomic E-state index is 14.1. The highest BCUT2D eigenvalue weighted by molar-refractivity contribution is 5.76. The van der Waals surface area contributed by atoms with Gasteiger partial charge in [-0.1, -0.05) is 0 Å². The minimum atomic E-state index is -3.27. The number of halogens is 2. The van der Waals surface area contributed by atoms with E-state index in [0.717, 1.165) is 0 Å². The Morgan fingerprint density at radius 3 is 2.85 bits per heavy atom. The number of hydrogen-bond acceptors (Lipinski definition) is 4. The number of piperidine rings is 1. The maximum Gasteiger partial charge on any atom is 0.407 e. The van der Waals surface area contributed by atoms with Gasteiger partial charge < -0.3 is 10.0 Å². The van der Waals surface area contributed by atoms with Gasteiger partial charge in [0, 0.05) is 12.7 Å². The number of carboxylic acid groups (broad SMARTS) is 1. The van der Waals surface area contributed by atoms with Crippen molar-refractivity contribution in [3.63, 3.8) is 0 Å². The van der Waals surface area contributed by atoms with Crippen molar-refractivity contribution in [2.24, 2.45) is 0 Å². The number of carbonyl (C=O) groups is 2. The van der Waals surface area contributed by atoms with Gasteiger partial charge >= 0.3 is 6.09 Å². The Labute approximate surface area is 113 Å². The van der Waals surface area contributed by atoms with Crippen LogP contribution in [-0.4, -0.2) is 51.4 Å². The third kappa shape index (κ3) is 2.59. The third-order valence-corrected chi connectivity index (χ3v) is 3.30. The average Bonchev–Trinajstić information content (AvgIpc) is 2.37. The number of rotatable bonds is 2. The van der Waals surface area contributed by atoms with Gasteiger partial charge in [0.15, 0.2) is 6.29 Å². The Hall–Kier alpha value is -2.12. The summed E-state index contributed by atoms with van der Waals surface area (Å²) in [6, 6.07) is 0. The van der Waals surface area contributed by atoms with Crippen LogP contribution in [0.2, 0.25) is 0 Å². The first-order valence-electron chi connectivity index (χ1n) is 5.99. The SMILES string of the molecule is Cc1ncc(C=O)c(C2CCN(C(=O)O)CC2(F)F)n1. The summed E-state index contributed by atoms with van der Waals surface area (Å²) in [5, 5.41) is 8.78. The lowest BCUT2D eigenvalue weighted by Gasteiger charge is -2.36. The number of likely N-dealkylation sites (tertiary alicyclic amines) is 1. The number of hydrogen-bond donors (Lipinski definition) is 1.